The number of hydrogen-bond donors (Lipinski definition) is 0. The van der Waals surface area contributed by atoms with Crippen molar-refractivity contribution >= 4 is 12.6 Å². The second-order valence-corrected chi connectivity index (χ2v) is 3.34. The standard InChI is InChI=1S/C4H10S.Au/c1-4(2,3)5;/h5H,1-3H3;/q;+1/p-1. The third-order valence-corrected chi connectivity index (χ3v) is 0. The zero-order valence-electron chi connectivity index (χ0n) is 4.21. The molecule has 6 heavy (non-hydrogen) atoms. The van der Waals surface area contributed by atoms with Crippen molar-refractivity contribution in [3.05, 3.63) is 0 Å². The van der Waals surface area contributed by atoms with Gasteiger partial charge in [-0.25, -0.2) is 0 Å². The summed E-state index contributed by atoms with van der Waals surface area (Å²) in [7, 11) is 0. The van der Waals surface area contributed by atoms with Gasteiger partial charge in [0, 0.05) is 0 Å². The van der Waals surface area contributed by atoms with E-state index in [9.17, 15) is 0 Å². The normalized spacial score (nSPS) is 10.0. The van der Waals surface area contributed by atoms with E-state index in [4.69, 9.17) is 12.6 Å². The van der Waals surface area contributed by atoms with Crippen LogP contribution in [-0.2, 0) is 35.0 Å². The third kappa shape index (κ3) is 71.6. The van der Waals surface area contributed by atoms with Crippen LogP contribution in [0.2, 0.25) is 0 Å². The van der Waals surface area contributed by atoms with E-state index in [0.717, 1.165) is 0 Å². The van der Waals surface area contributed by atoms with Crippen molar-refractivity contribution in [1.29, 1.82) is 0 Å². The van der Waals surface area contributed by atoms with E-state index >= 15 is 0 Å². The van der Waals surface area contributed by atoms with Crippen LogP contribution in [0, 0.1) is 0 Å². The van der Waals surface area contributed by atoms with E-state index in [1.165, 1.54) is 0 Å². The summed E-state index contributed by atoms with van der Waals surface area (Å²) in [4.78, 5) is 0. The Morgan fingerprint density at radius 1 is 1.17 bits per heavy atom. The van der Waals surface area contributed by atoms with Crippen molar-refractivity contribution in [2.75, 3.05) is 0 Å². The molecule has 0 aromatic heterocycles. The van der Waals surface area contributed by atoms with Crippen LogP contribution in [0.25, 0.3) is 0 Å². The van der Waals surface area contributed by atoms with Crippen molar-refractivity contribution in [2.45, 2.75) is 25.5 Å². The fourth-order valence-corrected chi connectivity index (χ4v) is 0. The van der Waals surface area contributed by atoms with Crippen molar-refractivity contribution in [1.82, 2.24) is 0 Å². The molecule has 0 saturated heterocycles. The maximum absolute atomic E-state index is 4.83. The van der Waals surface area contributed by atoms with Crippen LogP contribution in [0.4, 0.5) is 0 Å². The molecular formula is C4H9AuS. The molecule has 0 atom stereocenters. The predicted octanol–water partition coefficient (Wildman–Crippen LogP) is 1.33. The topological polar surface area (TPSA) is 0 Å². The van der Waals surface area contributed by atoms with Gasteiger partial charge in [-0.2, -0.15) is 4.75 Å². The van der Waals surface area contributed by atoms with Gasteiger partial charge in [0.15, 0.2) is 0 Å². The van der Waals surface area contributed by atoms with Gasteiger partial charge in [0.25, 0.3) is 0 Å². The van der Waals surface area contributed by atoms with Gasteiger partial charge in [-0.1, -0.05) is 20.8 Å². The predicted molar refractivity (Wildman–Crippen MR) is 27.1 cm³/mol. The Morgan fingerprint density at radius 3 is 1.17 bits per heavy atom. The minimum Gasteiger partial charge on any atom is -0.787 e. The Morgan fingerprint density at radius 2 is 1.17 bits per heavy atom. The molecule has 0 N–H and O–H groups in total. The fourth-order valence-electron chi connectivity index (χ4n) is 0. The van der Waals surface area contributed by atoms with Crippen LogP contribution in [0.15, 0.2) is 0 Å². The zero-order valence-corrected chi connectivity index (χ0v) is 7.19. The first-order valence-corrected chi connectivity index (χ1v) is 2.11. The average Bonchev–Trinajstić information content (AvgIpc) is 0.722. The molecular weight excluding hydrogens is 277 g/mol. The molecule has 0 nitrogen and oxygen atoms in total. The summed E-state index contributed by atoms with van der Waals surface area (Å²) in [5.41, 5.74) is 0. The number of hydrogen-bond acceptors (Lipinski definition) is 1. The van der Waals surface area contributed by atoms with Crippen molar-refractivity contribution < 1.29 is 22.4 Å². The Balaban J connectivity index is 0. The van der Waals surface area contributed by atoms with Crippen LogP contribution in [0.5, 0.6) is 0 Å². The maximum atomic E-state index is 4.83. The molecule has 0 heterocycles. The van der Waals surface area contributed by atoms with Gasteiger partial charge in [-0.05, 0) is 0 Å². The summed E-state index contributed by atoms with van der Waals surface area (Å²) in [5.74, 6) is 0. The van der Waals surface area contributed by atoms with E-state index in [-0.39, 0.29) is 27.1 Å². The van der Waals surface area contributed by atoms with Gasteiger partial charge in [-0.3, -0.25) is 0 Å². The smallest absolute Gasteiger partial charge is 0.787 e. The molecule has 0 amide bonds. The minimum atomic E-state index is 0. The second-order valence-electron chi connectivity index (χ2n) is 2.11. The molecule has 0 aliphatic carbocycles. The Bertz CT molecular complexity index is 23.0. The molecule has 0 aromatic rings. The Hall–Kier alpha value is 1.09. The van der Waals surface area contributed by atoms with E-state index in [1.54, 1.807) is 0 Å². The van der Waals surface area contributed by atoms with Crippen LogP contribution in [-0.4, -0.2) is 4.75 Å². The molecule has 0 unspecified atom stereocenters. The van der Waals surface area contributed by atoms with E-state index in [2.05, 4.69) is 0 Å². The summed E-state index contributed by atoms with van der Waals surface area (Å²) in [5, 5.41) is 0. The van der Waals surface area contributed by atoms with Crippen molar-refractivity contribution in [2.24, 2.45) is 0 Å². The van der Waals surface area contributed by atoms with Gasteiger partial charge in [0.05, 0.1) is 0 Å². The molecule has 0 bridgehead atoms. The van der Waals surface area contributed by atoms with E-state index < -0.39 is 0 Å². The van der Waals surface area contributed by atoms with Crippen LogP contribution in [0.3, 0.4) is 0 Å². The maximum Gasteiger partial charge on any atom is 1.00 e. The summed E-state index contributed by atoms with van der Waals surface area (Å²) in [6.45, 7) is 6.01. The summed E-state index contributed by atoms with van der Waals surface area (Å²) in [6, 6.07) is 0. The van der Waals surface area contributed by atoms with Crippen LogP contribution in [0.1, 0.15) is 20.8 Å². The molecule has 0 saturated carbocycles. The van der Waals surface area contributed by atoms with Gasteiger partial charge in [0.1, 0.15) is 0 Å². The summed E-state index contributed by atoms with van der Waals surface area (Å²) >= 11 is 4.83. The van der Waals surface area contributed by atoms with Gasteiger partial charge >= 0.3 is 22.4 Å². The molecule has 0 aliphatic heterocycles. The zero-order chi connectivity index (χ0) is 4.50. The van der Waals surface area contributed by atoms with E-state index in [0.29, 0.717) is 0 Å². The first kappa shape index (κ1) is 10.1. The molecule has 0 radical (unpaired) electrons. The van der Waals surface area contributed by atoms with Crippen molar-refractivity contribution in [3.63, 3.8) is 0 Å². The Kier molecular flexibility index (Phi) is 5.31. The Labute approximate surface area is 60.6 Å². The molecule has 0 aromatic carbocycles. The first-order valence-electron chi connectivity index (χ1n) is 1.70. The summed E-state index contributed by atoms with van der Waals surface area (Å²) < 4.78 is 0.0833. The summed E-state index contributed by atoms with van der Waals surface area (Å²) in [6.07, 6.45) is 0. The fraction of sp³-hybridized carbons (Fsp3) is 1.00. The molecule has 0 fully saturated rings. The third-order valence-electron chi connectivity index (χ3n) is 0. The average molecular weight is 286 g/mol. The SMILES string of the molecule is CC(C)(C)[S-].[Au+]. The molecule has 0 rings (SSSR count). The monoisotopic (exact) mass is 286 g/mol. The minimum absolute atomic E-state index is 0. The largest absolute Gasteiger partial charge is 1.00 e. The molecule has 2 heteroatoms. The molecule has 42 valence electrons. The van der Waals surface area contributed by atoms with Crippen molar-refractivity contribution in [3.8, 4) is 0 Å². The van der Waals surface area contributed by atoms with Gasteiger partial charge in [-0.15, -0.1) is 0 Å². The first-order chi connectivity index (χ1) is 2.00. The second kappa shape index (κ2) is 3.14. The molecule has 0 aliphatic rings. The molecule has 0 spiro atoms. The van der Waals surface area contributed by atoms with E-state index in [1.807, 2.05) is 20.8 Å². The van der Waals surface area contributed by atoms with Crippen LogP contribution >= 0.6 is 0 Å². The van der Waals surface area contributed by atoms with Gasteiger partial charge in [0.2, 0.25) is 0 Å². The quantitative estimate of drug-likeness (QED) is 0.478. The number of rotatable bonds is 0. The van der Waals surface area contributed by atoms with Crippen LogP contribution < -0.4 is 0 Å². The van der Waals surface area contributed by atoms with Gasteiger partial charge < -0.3 is 12.6 Å².